The van der Waals surface area contributed by atoms with Gasteiger partial charge in [0.1, 0.15) is 5.56 Å². The molecule has 0 atom stereocenters. The summed E-state index contributed by atoms with van der Waals surface area (Å²) in [5, 5.41) is 6.98. The molecule has 0 saturated carbocycles. The average molecular weight is 334 g/mol. The SMILES string of the molecule is O=C(ON1C(=O)c2ccccc2C1=O)c1cn[nH]c1-c1cccnc1. The van der Waals surface area contributed by atoms with E-state index in [4.69, 9.17) is 4.84 Å². The second-order valence-corrected chi connectivity index (χ2v) is 5.23. The lowest BCUT2D eigenvalue weighted by Crippen LogP contribution is -2.32. The third-order valence-corrected chi connectivity index (χ3v) is 3.74. The van der Waals surface area contributed by atoms with Gasteiger partial charge < -0.3 is 4.84 Å². The first-order chi connectivity index (χ1) is 12.2. The molecule has 2 aromatic heterocycles. The van der Waals surface area contributed by atoms with Crippen LogP contribution in [-0.4, -0.2) is 38.0 Å². The number of carbonyl (C=O) groups excluding carboxylic acids is 3. The molecule has 0 saturated heterocycles. The van der Waals surface area contributed by atoms with Gasteiger partial charge in [0.25, 0.3) is 11.8 Å². The Hall–Kier alpha value is -3.81. The molecule has 1 aromatic carbocycles. The Morgan fingerprint density at radius 3 is 2.36 bits per heavy atom. The molecule has 0 spiro atoms. The third kappa shape index (κ3) is 2.36. The van der Waals surface area contributed by atoms with Crippen LogP contribution in [0.4, 0.5) is 0 Å². The molecular formula is C17H10N4O4. The lowest BCUT2D eigenvalue weighted by molar-refractivity contribution is -0.0584. The normalized spacial score (nSPS) is 13.0. The number of aromatic nitrogens is 3. The Kier molecular flexibility index (Phi) is 3.35. The van der Waals surface area contributed by atoms with Crippen LogP contribution in [0.5, 0.6) is 0 Å². The van der Waals surface area contributed by atoms with Gasteiger partial charge in [0.2, 0.25) is 0 Å². The number of benzene rings is 1. The zero-order chi connectivity index (χ0) is 17.4. The number of hydrogen-bond donors (Lipinski definition) is 1. The molecule has 4 rings (SSSR count). The van der Waals surface area contributed by atoms with Gasteiger partial charge in [-0.05, 0) is 24.3 Å². The Bertz CT molecular complexity index is 962. The number of imide groups is 1. The van der Waals surface area contributed by atoms with E-state index < -0.39 is 17.8 Å². The highest BCUT2D eigenvalue weighted by Crippen LogP contribution is 2.25. The van der Waals surface area contributed by atoms with Gasteiger partial charge in [-0.1, -0.05) is 17.2 Å². The number of rotatable bonds is 3. The van der Waals surface area contributed by atoms with Crippen molar-refractivity contribution in [2.75, 3.05) is 0 Å². The van der Waals surface area contributed by atoms with Crippen LogP contribution >= 0.6 is 0 Å². The highest BCUT2D eigenvalue weighted by atomic mass is 16.7. The molecule has 0 unspecified atom stereocenters. The molecule has 0 fully saturated rings. The van der Waals surface area contributed by atoms with Gasteiger partial charge in [0.15, 0.2) is 0 Å². The van der Waals surface area contributed by atoms with Gasteiger partial charge in [-0.25, -0.2) is 4.79 Å². The number of fused-ring (bicyclic) bond motifs is 1. The summed E-state index contributed by atoms with van der Waals surface area (Å²) in [6.45, 7) is 0. The average Bonchev–Trinajstić information content (AvgIpc) is 3.23. The quantitative estimate of drug-likeness (QED) is 0.733. The summed E-state index contributed by atoms with van der Waals surface area (Å²) in [5.41, 5.74) is 1.48. The predicted molar refractivity (Wildman–Crippen MR) is 84.2 cm³/mol. The van der Waals surface area contributed by atoms with Gasteiger partial charge in [-0.3, -0.25) is 19.7 Å². The maximum Gasteiger partial charge on any atom is 0.367 e. The summed E-state index contributed by atoms with van der Waals surface area (Å²) >= 11 is 0. The summed E-state index contributed by atoms with van der Waals surface area (Å²) in [4.78, 5) is 46.0. The molecule has 2 amide bonds. The minimum atomic E-state index is -0.873. The van der Waals surface area contributed by atoms with Crippen LogP contribution in [0, 0.1) is 0 Å². The van der Waals surface area contributed by atoms with Crippen LogP contribution in [0.15, 0.2) is 55.0 Å². The van der Waals surface area contributed by atoms with E-state index in [2.05, 4.69) is 15.2 Å². The lowest BCUT2D eigenvalue weighted by Gasteiger charge is -2.12. The molecule has 8 nitrogen and oxygen atoms in total. The highest BCUT2D eigenvalue weighted by molar-refractivity contribution is 6.21. The molecule has 1 aliphatic rings. The fourth-order valence-corrected chi connectivity index (χ4v) is 2.55. The Morgan fingerprint density at radius 1 is 1.00 bits per heavy atom. The number of nitrogens with one attached hydrogen (secondary N) is 1. The summed E-state index contributed by atoms with van der Waals surface area (Å²) in [6, 6.07) is 9.71. The first-order valence-corrected chi connectivity index (χ1v) is 7.30. The zero-order valence-corrected chi connectivity index (χ0v) is 12.7. The van der Waals surface area contributed by atoms with E-state index in [0.29, 0.717) is 16.3 Å². The summed E-state index contributed by atoms with van der Waals surface area (Å²) in [6.07, 6.45) is 4.41. The molecule has 3 aromatic rings. The van der Waals surface area contributed by atoms with Crippen LogP contribution in [-0.2, 0) is 4.84 Å². The van der Waals surface area contributed by atoms with Gasteiger partial charge in [0.05, 0.1) is 23.0 Å². The Balaban J connectivity index is 1.62. The van der Waals surface area contributed by atoms with Gasteiger partial charge in [-0.2, -0.15) is 5.10 Å². The number of amides is 2. The first-order valence-electron chi connectivity index (χ1n) is 7.30. The van der Waals surface area contributed by atoms with E-state index in [1.54, 1.807) is 36.7 Å². The number of aromatic amines is 1. The Morgan fingerprint density at radius 2 is 1.72 bits per heavy atom. The van der Waals surface area contributed by atoms with Crippen molar-refractivity contribution in [2.24, 2.45) is 0 Å². The van der Waals surface area contributed by atoms with Crippen molar-refractivity contribution >= 4 is 17.8 Å². The maximum atomic E-state index is 12.4. The molecule has 3 heterocycles. The third-order valence-electron chi connectivity index (χ3n) is 3.74. The minimum Gasteiger partial charge on any atom is -0.324 e. The van der Waals surface area contributed by atoms with Crippen LogP contribution < -0.4 is 0 Å². The van der Waals surface area contributed by atoms with Crippen LogP contribution in [0.2, 0.25) is 0 Å². The molecule has 1 N–H and O–H groups in total. The van der Waals surface area contributed by atoms with Gasteiger partial charge in [-0.15, -0.1) is 0 Å². The minimum absolute atomic E-state index is 0.0876. The molecule has 0 radical (unpaired) electrons. The number of pyridine rings is 1. The number of carbonyl (C=O) groups is 3. The van der Waals surface area contributed by atoms with E-state index in [1.165, 1.54) is 18.3 Å². The van der Waals surface area contributed by atoms with Gasteiger partial charge in [0, 0.05) is 18.0 Å². The molecule has 122 valence electrons. The number of hydroxylamine groups is 2. The van der Waals surface area contributed by atoms with E-state index in [-0.39, 0.29) is 16.7 Å². The van der Waals surface area contributed by atoms with E-state index in [1.807, 2.05) is 0 Å². The second-order valence-electron chi connectivity index (χ2n) is 5.23. The summed E-state index contributed by atoms with van der Waals surface area (Å²) < 4.78 is 0. The van der Waals surface area contributed by atoms with Crippen molar-refractivity contribution < 1.29 is 19.2 Å². The summed E-state index contributed by atoms with van der Waals surface area (Å²) in [5.74, 6) is -2.23. The van der Waals surface area contributed by atoms with Crippen molar-refractivity contribution in [3.8, 4) is 11.3 Å². The van der Waals surface area contributed by atoms with Crippen molar-refractivity contribution in [3.05, 3.63) is 71.7 Å². The number of hydrogen-bond acceptors (Lipinski definition) is 6. The maximum absolute atomic E-state index is 12.4. The Labute approximate surface area is 141 Å². The van der Waals surface area contributed by atoms with E-state index in [0.717, 1.165) is 0 Å². The largest absolute Gasteiger partial charge is 0.367 e. The topological polar surface area (TPSA) is 105 Å². The molecule has 8 heteroatoms. The lowest BCUT2D eigenvalue weighted by atomic mass is 10.1. The molecule has 0 bridgehead atoms. The second kappa shape index (κ2) is 5.68. The highest BCUT2D eigenvalue weighted by Gasteiger charge is 2.39. The smallest absolute Gasteiger partial charge is 0.324 e. The van der Waals surface area contributed by atoms with Crippen molar-refractivity contribution in [3.63, 3.8) is 0 Å². The molecule has 1 aliphatic heterocycles. The van der Waals surface area contributed by atoms with Crippen molar-refractivity contribution in [2.45, 2.75) is 0 Å². The van der Waals surface area contributed by atoms with Crippen LogP contribution in [0.3, 0.4) is 0 Å². The van der Waals surface area contributed by atoms with Gasteiger partial charge >= 0.3 is 5.97 Å². The molecular weight excluding hydrogens is 324 g/mol. The van der Waals surface area contributed by atoms with Crippen molar-refractivity contribution in [1.82, 2.24) is 20.2 Å². The molecule has 25 heavy (non-hydrogen) atoms. The molecule has 0 aliphatic carbocycles. The number of H-pyrrole nitrogens is 1. The first kappa shape index (κ1) is 14.8. The number of nitrogens with zero attached hydrogens (tertiary/aromatic N) is 3. The standard InChI is InChI=1S/C17H10N4O4/c22-15-11-5-1-2-6-12(11)16(23)21(15)25-17(24)13-9-19-20-14(13)10-4-3-7-18-8-10/h1-9H,(H,19,20). The van der Waals surface area contributed by atoms with Crippen molar-refractivity contribution in [1.29, 1.82) is 0 Å². The predicted octanol–water partition coefficient (Wildman–Crippen LogP) is 1.84. The van der Waals surface area contributed by atoms with Crippen LogP contribution in [0.25, 0.3) is 11.3 Å². The van der Waals surface area contributed by atoms with Crippen LogP contribution in [0.1, 0.15) is 31.1 Å². The zero-order valence-electron chi connectivity index (χ0n) is 12.7. The summed E-state index contributed by atoms with van der Waals surface area (Å²) in [7, 11) is 0. The fourth-order valence-electron chi connectivity index (χ4n) is 2.55. The van der Waals surface area contributed by atoms with E-state index in [9.17, 15) is 14.4 Å². The van der Waals surface area contributed by atoms with E-state index >= 15 is 0 Å². The fraction of sp³-hybridized carbons (Fsp3) is 0. The monoisotopic (exact) mass is 334 g/mol.